The van der Waals surface area contributed by atoms with Gasteiger partial charge in [0.25, 0.3) is 0 Å². The molecule has 2 amide bonds. The molecule has 7 nitrogen and oxygen atoms in total. The van der Waals surface area contributed by atoms with Gasteiger partial charge in [0.15, 0.2) is 0 Å². The lowest BCUT2D eigenvalue weighted by atomic mass is 9.88. The highest BCUT2D eigenvalue weighted by Crippen LogP contribution is 2.22. The number of carbonyl (C=O) groups is 2. The number of benzene rings is 2. The Balaban J connectivity index is 1.97. The summed E-state index contributed by atoms with van der Waals surface area (Å²) < 4.78 is 10.5. The second kappa shape index (κ2) is 12.9. The minimum Gasteiger partial charge on any atom is -0.444 e. The summed E-state index contributed by atoms with van der Waals surface area (Å²) in [6, 6.07) is 18.6. The van der Waals surface area contributed by atoms with Gasteiger partial charge in [0.1, 0.15) is 13.2 Å². The van der Waals surface area contributed by atoms with Crippen LogP contribution in [0.4, 0.5) is 9.59 Å². The van der Waals surface area contributed by atoms with Crippen molar-refractivity contribution in [2.75, 3.05) is 6.54 Å². The van der Waals surface area contributed by atoms with E-state index in [-0.39, 0.29) is 24.6 Å². The molecule has 2 rings (SSSR count). The molecule has 0 fully saturated rings. The number of hydrogen-bond donors (Lipinski definition) is 2. The van der Waals surface area contributed by atoms with Crippen LogP contribution in [-0.4, -0.2) is 24.7 Å². The van der Waals surface area contributed by atoms with Crippen LogP contribution in [0.1, 0.15) is 37.8 Å². The molecule has 0 saturated heterocycles. The van der Waals surface area contributed by atoms with Gasteiger partial charge in [0.05, 0.1) is 0 Å². The molecule has 2 N–H and O–H groups in total. The van der Waals surface area contributed by atoms with Crippen molar-refractivity contribution in [3.63, 3.8) is 0 Å². The summed E-state index contributed by atoms with van der Waals surface area (Å²) in [7, 11) is 0. The van der Waals surface area contributed by atoms with Crippen molar-refractivity contribution in [1.29, 1.82) is 0 Å². The third-order valence-electron chi connectivity index (χ3n) is 4.56. The van der Waals surface area contributed by atoms with Gasteiger partial charge in [-0.3, -0.25) is 15.6 Å². The van der Waals surface area contributed by atoms with Gasteiger partial charge < -0.3 is 9.47 Å². The van der Waals surface area contributed by atoms with E-state index in [4.69, 9.17) is 9.47 Å². The van der Waals surface area contributed by atoms with Crippen LogP contribution in [0.15, 0.2) is 78.3 Å². The molecule has 2 aromatic carbocycles. The summed E-state index contributed by atoms with van der Waals surface area (Å²) in [6.45, 7) is 8.44. The van der Waals surface area contributed by atoms with Crippen LogP contribution >= 0.6 is 0 Å². The first-order valence-electron chi connectivity index (χ1n) is 10.5. The molecule has 0 bridgehead atoms. The van der Waals surface area contributed by atoms with Gasteiger partial charge in [0.2, 0.25) is 5.96 Å². The van der Waals surface area contributed by atoms with Crippen LogP contribution in [-0.2, 0) is 22.7 Å². The van der Waals surface area contributed by atoms with E-state index in [9.17, 15) is 9.59 Å². The molecule has 0 aliphatic heterocycles. The zero-order valence-corrected chi connectivity index (χ0v) is 18.7. The van der Waals surface area contributed by atoms with Crippen LogP contribution in [0, 0.1) is 5.41 Å². The number of aliphatic imine (C=N–C) groups is 1. The Morgan fingerprint density at radius 1 is 0.906 bits per heavy atom. The van der Waals surface area contributed by atoms with E-state index in [1.54, 1.807) is 0 Å². The highest BCUT2D eigenvalue weighted by Gasteiger charge is 2.18. The van der Waals surface area contributed by atoms with Gasteiger partial charge in [-0.1, -0.05) is 80.6 Å². The van der Waals surface area contributed by atoms with E-state index in [0.717, 1.165) is 24.0 Å². The normalized spacial score (nSPS) is 10.6. The zero-order chi connectivity index (χ0) is 23.2. The molecule has 0 atom stereocenters. The average molecular weight is 438 g/mol. The molecule has 0 aromatic heterocycles. The lowest BCUT2D eigenvalue weighted by Crippen LogP contribution is -2.44. The number of nitrogens with zero attached hydrogens (tertiary/aromatic N) is 1. The Labute approximate surface area is 189 Å². The Morgan fingerprint density at radius 2 is 1.38 bits per heavy atom. The van der Waals surface area contributed by atoms with E-state index in [1.165, 1.54) is 0 Å². The molecule has 7 heteroatoms. The predicted octanol–water partition coefficient (Wildman–Crippen LogP) is 5.19. The average Bonchev–Trinajstić information content (AvgIpc) is 2.80. The highest BCUT2D eigenvalue weighted by molar-refractivity contribution is 6.01. The van der Waals surface area contributed by atoms with Crippen molar-refractivity contribution in [2.24, 2.45) is 10.4 Å². The first-order chi connectivity index (χ1) is 15.4. The van der Waals surface area contributed by atoms with Crippen molar-refractivity contribution in [2.45, 2.75) is 39.9 Å². The van der Waals surface area contributed by atoms with E-state index in [2.05, 4.69) is 36.1 Å². The van der Waals surface area contributed by atoms with E-state index in [1.807, 2.05) is 66.7 Å². The van der Waals surface area contributed by atoms with Crippen LogP contribution < -0.4 is 10.6 Å². The Kier molecular flexibility index (Phi) is 9.97. The Bertz CT molecular complexity index is 836. The minimum atomic E-state index is -0.722. The third-order valence-corrected chi connectivity index (χ3v) is 4.56. The molecular formula is C25H31N3O4. The molecule has 0 aliphatic carbocycles. The maximum absolute atomic E-state index is 12.3. The second-order valence-electron chi connectivity index (χ2n) is 8.03. The van der Waals surface area contributed by atoms with Gasteiger partial charge >= 0.3 is 12.2 Å². The molecule has 0 radical (unpaired) electrons. The predicted molar refractivity (Wildman–Crippen MR) is 125 cm³/mol. The fourth-order valence-electron chi connectivity index (χ4n) is 2.69. The molecule has 0 spiro atoms. The van der Waals surface area contributed by atoms with E-state index in [0.29, 0.717) is 6.54 Å². The third kappa shape index (κ3) is 9.93. The van der Waals surface area contributed by atoms with Crippen molar-refractivity contribution >= 4 is 18.1 Å². The Hall–Kier alpha value is -3.61. The molecule has 32 heavy (non-hydrogen) atoms. The number of rotatable bonds is 9. The van der Waals surface area contributed by atoms with Crippen molar-refractivity contribution in [3.05, 3.63) is 84.4 Å². The van der Waals surface area contributed by atoms with Crippen LogP contribution in [0.3, 0.4) is 0 Å². The maximum Gasteiger partial charge on any atom is 0.414 e. The first-order valence-corrected chi connectivity index (χ1v) is 10.5. The number of carbonyl (C=O) groups excluding carboxylic acids is 2. The molecule has 0 saturated carbocycles. The van der Waals surface area contributed by atoms with Gasteiger partial charge in [-0.15, -0.1) is 6.58 Å². The van der Waals surface area contributed by atoms with Crippen molar-refractivity contribution in [3.8, 4) is 0 Å². The first kappa shape index (κ1) is 24.7. The van der Waals surface area contributed by atoms with Crippen LogP contribution in [0.5, 0.6) is 0 Å². The minimum absolute atomic E-state index is 0.0206. The van der Waals surface area contributed by atoms with Crippen molar-refractivity contribution in [1.82, 2.24) is 10.6 Å². The lowest BCUT2D eigenvalue weighted by molar-refractivity contribution is 0.141. The number of nitrogens with one attached hydrogen (secondary N) is 2. The molecular weight excluding hydrogens is 406 g/mol. The van der Waals surface area contributed by atoms with Gasteiger partial charge in [-0.05, 0) is 29.4 Å². The lowest BCUT2D eigenvalue weighted by Gasteiger charge is -2.22. The molecule has 2 aromatic rings. The van der Waals surface area contributed by atoms with E-state index >= 15 is 0 Å². The summed E-state index contributed by atoms with van der Waals surface area (Å²) >= 11 is 0. The van der Waals surface area contributed by atoms with E-state index < -0.39 is 12.2 Å². The topological polar surface area (TPSA) is 89.0 Å². The van der Waals surface area contributed by atoms with Gasteiger partial charge in [-0.2, -0.15) is 0 Å². The smallest absolute Gasteiger partial charge is 0.414 e. The molecule has 0 unspecified atom stereocenters. The number of alkyl carbamates (subject to hydrolysis) is 2. The highest BCUT2D eigenvalue weighted by atomic mass is 16.6. The maximum atomic E-state index is 12.3. The molecule has 0 aliphatic rings. The number of guanidine groups is 1. The van der Waals surface area contributed by atoms with Crippen LogP contribution in [0.25, 0.3) is 0 Å². The van der Waals surface area contributed by atoms with Crippen molar-refractivity contribution < 1.29 is 19.1 Å². The number of allylic oxidation sites excluding steroid dienone is 1. The number of hydrogen-bond acceptors (Lipinski definition) is 5. The summed E-state index contributed by atoms with van der Waals surface area (Å²) in [6.07, 6.45) is 2.12. The number of ether oxygens (including phenoxy) is 2. The summed E-state index contributed by atoms with van der Waals surface area (Å²) in [5.41, 5.74) is 1.55. The SMILES string of the molecule is C=CCCC(C)(C)CN=C(NC(=O)OCc1ccccc1)NC(=O)OCc1ccccc1. The standard InChI is InChI=1S/C25H31N3O4/c1-4-5-16-25(2,3)19-26-22(27-23(29)31-17-20-12-8-6-9-13-20)28-24(30)32-18-21-14-10-7-11-15-21/h4,6-15H,1,5,16-19H2,2-3H3,(H2,26,27,28,29,30). The Morgan fingerprint density at radius 3 is 1.81 bits per heavy atom. The fraction of sp³-hybridized carbons (Fsp3) is 0.320. The number of amides is 2. The monoisotopic (exact) mass is 437 g/mol. The summed E-state index contributed by atoms with van der Waals surface area (Å²) in [5, 5.41) is 5.00. The quantitative estimate of drug-likeness (QED) is 0.321. The fourth-order valence-corrected chi connectivity index (χ4v) is 2.69. The summed E-state index contributed by atoms with van der Waals surface area (Å²) in [4.78, 5) is 28.9. The van der Waals surface area contributed by atoms with Gasteiger partial charge in [0, 0.05) is 6.54 Å². The largest absolute Gasteiger partial charge is 0.444 e. The van der Waals surface area contributed by atoms with Crippen LogP contribution in [0.2, 0.25) is 0 Å². The van der Waals surface area contributed by atoms with Gasteiger partial charge in [-0.25, -0.2) is 9.59 Å². The second-order valence-corrected chi connectivity index (χ2v) is 8.03. The summed E-state index contributed by atoms with van der Waals surface area (Å²) in [5.74, 6) is -0.0206. The molecule has 170 valence electrons. The zero-order valence-electron chi connectivity index (χ0n) is 18.7. The molecule has 0 heterocycles.